The van der Waals surface area contributed by atoms with Gasteiger partial charge in [0.2, 0.25) is 0 Å². The summed E-state index contributed by atoms with van der Waals surface area (Å²) < 4.78 is 5.00. The van der Waals surface area contributed by atoms with Crippen molar-refractivity contribution in [1.29, 1.82) is 0 Å². The van der Waals surface area contributed by atoms with Crippen LogP contribution in [0.3, 0.4) is 0 Å². The van der Waals surface area contributed by atoms with Crippen LogP contribution < -0.4 is 0 Å². The van der Waals surface area contributed by atoms with Crippen LogP contribution in [0.2, 0.25) is 0 Å². The maximum absolute atomic E-state index is 11.4. The molecule has 0 heterocycles. The molecule has 2 aliphatic rings. The number of allylic oxidation sites excluding steroid dienone is 4. The number of ether oxygens (including phenoxy) is 1. The maximum Gasteiger partial charge on any atom is 0.306 e. The molecule has 0 saturated heterocycles. The Morgan fingerprint density at radius 3 is 3.00 bits per heavy atom. The summed E-state index contributed by atoms with van der Waals surface area (Å²) in [4.78, 5) is 11.4. The van der Waals surface area contributed by atoms with Gasteiger partial charge in [-0.05, 0) is 26.2 Å². The monoisotopic (exact) mass is 192 g/mol. The van der Waals surface area contributed by atoms with E-state index in [1.807, 2.05) is 6.92 Å². The summed E-state index contributed by atoms with van der Waals surface area (Å²) in [5, 5.41) is 0. The Balaban J connectivity index is 2.07. The molecule has 2 atom stereocenters. The van der Waals surface area contributed by atoms with E-state index in [4.69, 9.17) is 4.74 Å². The van der Waals surface area contributed by atoms with Gasteiger partial charge < -0.3 is 4.74 Å². The van der Waals surface area contributed by atoms with Gasteiger partial charge in [0.05, 0.1) is 13.0 Å². The van der Waals surface area contributed by atoms with Gasteiger partial charge in [-0.3, -0.25) is 4.79 Å². The third kappa shape index (κ3) is 1.39. The lowest BCUT2D eigenvalue weighted by molar-refractivity contribution is -0.144. The molecule has 0 amide bonds. The molecule has 0 aromatic rings. The molecular weight excluding hydrogens is 176 g/mol. The highest BCUT2D eigenvalue weighted by Gasteiger charge is 2.42. The second-order valence-electron chi connectivity index (χ2n) is 4.21. The van der Waals surface area contributed by atoms with Crippen LogP contribution in [0.15, 0.2) is 23.8 Å². The minimum atomic E-state index is -0.0764. The predicted octanol–water partition coefficient (Wildman–Crippen LogP) is 2.46. The van der Waals surface area contributed by atoms with Crippen molar-refractivity contribution in [2.45, 2.75) is 26.7 Å². The van der Waals surface area contributed by atoms with E-state index in [2.05, 4.69) is 25.2 Å². The molecule has 0 aromatic heterocycles. The third-order valence-electron chi connectivity index (χ3n) is 3.28. The highest BCUT2D eigenvalue weighted by atomic mass is 16.5. The molecule has 0 aliphatic heterocycles. The smallest absolute Gasteiger partial charge is 0.306 e. The second-order valence-corrected chi connectivity index (χ2v) is 4.21. The lowest BCUT2D eigenvalue weighted by Gasteiger charge is -2.24. The van der Waals surface area contributed by atoms with Crippen molar-refractivity contribution < 1.29 is 9.53 Å². The molecule has 0 fully saturated rings. The van der Waals surface area contributed by atoms with Crippen molar-refractivity contribution in [2.75, 3.05) is 6.61 Å². The molecule has 2 aliphatic carbocycles. The molecule has 0 radical (unpaired) electrons. The van der Waals surface area contributed by atoms with Gasteiger partial charge in [-0.15, -0.1) is 0 Å². The summed E-state index contributed by atoms with van der Waals surface area (Å²) in [6.07, 6.45) is 8.23. The van der Waals surface area contributed by atoms with E-state index in [-0.39, 0.29) is 11.4 Å². The number of fused-ring (bicyclic) bond motifs is 2. The quantitative estimate of drug-likeness (QED) is 0.507. The molecule has 0 spiro atoms. The molecule has 2 rings (SSSR count). The highest BCUT2D eigenvalue weighted by molar-refractivity contribution is 5.72. The SMILES string of the molecule is CCOC(=O)CC12C=CC(C=C1C)C2. The van der Waals surface area contributed by atoms with Gasteiger partial charge in [-0.25, -0.2) is 0 Å². The fraction of sp³-hybridized carbons (Fsp3) is 0.583. The van der Waals surface area contributed by atoms with Gasteiger partial charge in [-0.1, -0.05) is 23.8 Å². The van der Waals surface area contributed by atoms with Crippen molar-refractivity contribution in [1.82, 2.24) is 0 Å². The Bertz CT molecular complexity index is 314. The number of hydrogen-bond donors (Lipinski definition) is 0. The first-order valence-corrected chi connectivity index (χ1v) is 5.20. The van der Waals surface area contributed by atoms with Crippen molar-refractivity contribution in [2.24, 2.45) is 11.3 Å². The first-order chi connectivity index (χ1) is 6.66. The summed E-state index contributed by atoms with van der Waals surface area (Å²) in [5.74, 6) is 0.483. The van der Waals surface area contributed by atoms with Gasteiger partial charge in [0, 0.05) is 5.41 Å². The third-order valence-corrected chi connectivity index (χ3v) is 3.28. The van der Waals surface area contributed by atoms with Crippen LogP contribution in [0.25, 0.3) is 0 Å². The fourth-order valence-electron chi connectivity index (χ4n) is 2.50. The standard InChI is InChI=1S/C12H16O2/c1-3-14-11(13)8-12-5-4-10(7-12)6-9(12)2/h4-6,10H,3,7-8H2,1-2H3. The van der Waals surface area contributed by atoms with Gasteiger partial charge >= 0.3 is 5.97 Å². The van der Waals surface area contributed by atoms with Crippen LogP contribution >= 0.6 is 0 Å². The molecular formula is C12H16O2. The van der Waals surface area contributed by atoms with Crippen LogP contribution in [0.5, 0.6) is 0 Å². The number of esters is 1. The predicted molar refractivity (Wildman–Crippen MR) is 54.7 cm³/mol. The number of carbonyl (C=O) groups is 1. The van der Waals surface area contributed by atoms with Crippen molar-refractivity contribution in [3.63, 3.8) is 0 Å². The van der Waals surface area contributed by atoms with E-state index >= 15 is 0 Å². The summed E-state index contributed by atoms with van der Waals surface area (Å²) >= 11 is 0. The van der Waals surface area contributed by atoms with E-state index in [1.54, 1.807) is 0 Å². The highest BCUT2D eigenvalue weighted by Crippen LogP contribution is 2.51. The van der Waals surface area contributed by atoms with Crippen LogP contribution in [0.4, 0.5) is 0 Å². The van der Waals surface area contributed by atoms with Crippen LogP contribution in [0.1, 0.15) is 26.7 Å². The van der Waals surface area contributed by atoms with Crippen LogP contribution in [-0.4, -0.2) is 12.6 Å². The molecule has 14 heavy (non-hydrogen) atoms. The lowest BCUT2D eigenvalue weighted by atomic mass is 9.80. The number of carbonyl (C=O) groups excluding carboxylic acids is 1. The minimum Gasteiger partial charge on any atom is -0.466 e. The molecule has 2 bridgehead atoms. The summed E-state index contributed by atoms with van der Waals surface area (Å²) in [5.41, 5.74) is 1.33. The minimum absolute atomic E-state index is 0.00306. The first kappa shape index (κ1) is 9.50. The average molecular weight is 192 g/mol. The largest absolute Gasteiger partial charge is 0.466 e. The van der Waals surface area contributed by atoms with Crippen molar-refractivity contribution >= 4 is 5.97 Å². The first-order valence-electron chi connectivity index (χ1n) is 5.20. The van der Waals surface area contributed by atoms with Crippen LogP contribution in [-0.2, 0) is 9.53 Å². The second kappa shape index (κ2) is 3.26. The zero-order valence-corrected chi connectivity index (χ0v) is 8.75. The molecule has 2 nitrogen and oxygen atoms in total. The van der Waals surface area contributed by atoms with Gasteiger partial charge in [-0.2, -0.15) is 0 Å². The maximum atomic E-state index is 11.4. The molecule has 76 valence electrons. The van der Waals surface area contributed by atoms with Gasteiger partial charge in [0.25, 0.3) is 0 Å². The van der Waals surface area contributed by atoms with E-state index in [0.717, 1.165) is 6.42 Å². The summed E-state index contributed by atoms with van der Waals surface area (Å²) in [6.45, 7) is 4.44. The van der Waals surface area contributed by atoms with Gasteiger partial charge in [0.1, 0.15) is 0 Å². The molecule has 0 N–H and O–H groups in total. The van der Waals surface area contributed by atoms with E-state index < -0.39 is 0 Å². The lowest BCUT2D eigenvalue weighted by Crippen LogP contribution is -2.21. The zero-order chi connectivity index (χ0) is 10.2. The van der Waals surface area contributed by atoms with E-state index in [1.165, 1.54) is 5.57 Å². The number of hydrogen-bond acceptors (Lipinski definition) is 2. The fourth-order valence-corrected chi connectivity index (χ4v) is 2.50. The molecule has 0 saturated carbocycles. The Kier molecular flexibility index (Phi) is 2.22. The molecule has 2 heteroatoms. The Morgan fingerprint density at radius 2 is 2.50 bits per heavy atom. The average Bonchev–Trinajstić information content (AvgIpc) is 2.61. The van der Waals surface area contributed by atoms with Gasteiger partial charge in [0.15, 0.2) is 0 Å². The number of rotatable bonds is 3. The Labute approximate surface area is 84.6 Å². The van der Waals surface area contributed by atoms with Crippen molar-refractivity contribution in [3.05, 3.63) is 23.8 Å². The Hall–Kier alpha value is -1.05. The zero-order valence-electron chi connectivity index (χ0n) is 8.75. The summed E-state index contributed by atoms with van der Waals surface area (Å²) in [7, 11) is 0. The molecule has 0 aromatic carbocycles. The van der Waals surface area contributed by atoms with E-state index in [0.29, 0.717) is 18.9 Å². The normalized spacial score (nSPS) is 33.3. The van der Waals surface area contributed by atoms with Crippen molar-refractivity contribution in [3.8, 4) is 0 Å². The van der Waals surface area contributed by atoms with E-state index in [9.17, 15) is 4.79 Å². The Morgan fingerprint density at radius 1 is 1.71 bits per heavy atom. The van der Waals surface area contributed by atoms with Crippen LogP contribution in [0, 0.1) is 11.3 Å². The molecule has 2 unspecified atom stereocenters. The summed E-state index contributed by atoms with van der Waals surface area (Å²) in [6, 6.07) is 0. The topological polar surface area (TPSA) is 26.3 Å².